The van der Waals surface area contributed by atoms with Crippen LogP contribution >= 0.6 is 0 Å². The molecule has 1 atom stereocenters. The lowest BCUT2D eigenvalue weighted by Gasteiger charge is -2.01. The van der Waals surface area contributed by atoms with Gasteiger partial charge in [-0.25, -0.2) is 4.39 Å². The fourth-order valence-corrected chi connectivity index (χ4v) is 0.382. The van der Waals surface area contributed by atoms with Gasteiger partial charge in [-0.05, 0) is 6.92 Å². The Balaban J connectivity index is 3.54. The summed E-state index contributed by atoms with van der Waals surface area (Å²) in [5.74, 6) is -1.10. The van der Waals surface area contributed by atoms with Crippen molar-refractivity contribution in [2.45, 2.75) is 6.92 Å². The number of carbonyl (C=O) groups is 1. The van der Waals surface area contributed by atoms with Gasteiger partial charge in [0, 0.05) is 6.54 Å². The van der Waals surface area contributed by atoms with Gasteiger partial charge in [0.1, 0.15) is 12.6 Å². The van der Waals surface area contributed by atoms with E-state index in [2.05, 4.69) is 5.32 Å². The fraction of sp³-hybridized carbons (Fsp3) is 0.667. The van der Waals surface area contributed by atoms with Crippen LogP contribution in [0.25, 0.3) is 0 Å². The van der Waals surface area contributed by atoms with Crippen LogP contribution < -0.4 is 5.32 Å². The number of alkyl halides is 1. The molecule has 0 aromatic rings. The van der Waals surface area contributed by atoms with Crippen molar-refractivity contribution in [3.8, 4) is 6.07 Å². The van der Waals surface area contributed by atoms with Crippen molar-refractivity contribution >= 4 is 5.91 Å². The number of carbonyl (C=O) groups excluding carboxylic acids is 1. The molecule has 0 aliphatic rings. The van der Waals surface area contributed by atoms with Gasteiger partial charge in [-0.15, -0.1) is 0 Å². The predicted molar refractivity (Wildman–Crippen MR) is 33.8 cm³/mol. The van der Waals surface area contributed by atoms with E-state index in [9.17, 15) is 9.18 Å². The third-order valence-corrected chi connectivity index (χ3v) is 0.981. The molecule has 56 valence electrons. The van der Waals surface area contributed by atoms with Crippen molar-refractivity contribution in [1.29, 1.82) is 5.26 Å². The molecule has 0 bridgehead atoms. The van der Waals surface area contributed by atoms with Crippen LogP contribution in [0.4, 0.5) is 4.39 Å². The molecule has 0 fully saturated rings. The van der Waals surface area contributed by atoms with Crippen LogP contribution in [0.15, 0.2) is 0 Å². The fourth-order valence-electron chi connectivity index (χ4n) is 0.382. The maximum absolute atomic E-state index is 11.4. The number of halogens is 1. The Morgan fingerprint density at radius 2 is 2.50 bits per heavy atom. The van der Waals surface area contributed by atoms with E-state index in [0.29, 0.717) is 0 Å². The van der Waals surface area contributed by atoms with Crippen LogP contribution in [-0.4, -0.2) is 19.1 Å². The summed E-state index contributed by atoms with van der Waals surface area (Å²) >= 11 is 0. The SMILES string of the molecule is CC(C#N)C(=O)NCCF. The van der Waals surface area contributed by atoms with Crippen molar-refractivity contribution in [1.82, 2.24) is 5.32 Å². The normalized spacial score (nSPS) is 11.7. The van der Waals surface area contributed by atoms with Gasteiger partial charge >= 0.3 is 0 Å². The monoisotopic (exact) mass is 144 g/mol. The van der Waals surface area contributed by atoms with E-state index in [-0.39, 0.29) is 6.54 Å². The summed E-state index contributed by atoms with van der Waals surface area (Å²) in [4.78, 5) is 10.6. The minimum absolute atomic E-state index is 0.00907. The number of hydrogen-bond acceptors (Lipinski definition) is 2. The molecule has 1 amide bonds. The van der Waals surface area contributed by atoms with E-state index in [1.165, 1.54) is 6.92 Å². The summed E-state index contributed by atoms with van der Waals surface area (Å²) in [6.45, 7) is 0.863. The molecule has 0 aliphatic heterocycles. The first kappa shape index (κ1) is 8.89. The zero-order valence-corrected chi connectivity index (χ0v) is 5.72. The van der Waals surface area contributed by atoms with Crippen LogP contribution in [-0.2, 0) is 4.79 Å². The molecule has 4 heteroatoms. The van der Waals surface area contributed by atoms with Gasteiger partial charge in [0.25, 0.3) is 0 Å². The Morgan fingerprint density at radius 3 is 2.90 bits per heavy atom. The van der Waals surface area contributed by atoms with Gasteiger partial charge in [-0.2, -0.15) is 5.26 Å². The second kappa shape index (κ2) is 4.74. The molecule has 1 unspecified atom stereocenters. The number of nitrogens with zero attached hydrogens (tertiary/aromatic N) is 1. The highest BCUT2D eigenvalue weighted by Gasteiger charge is 2.09. The van der Waals surface area contributed by atoms with Crippen LogP contribution in [0.3, 0.4) is 0 Å². The molecular weight excluding hydrogens is 135 g/mol. The van der Waals surface area contributed by atoms with Gasteiger partial charge in [0.15, 0.2) is 0 Å². The largest absolute Gasteiger partial charge is 0.352 e. The van der Waals surface area contributed by atoms with Gasteiger partial charge < -0.3 is 5.32 Å². The Labute approximate surface area is 58.8 Å². The minimum atomic E-state index is -0.688. The Kier molecular flexibility index (Phi) is 4.21. The molecule has 0 saturated heterocycles. The highest BCUT2D eigenvalue weighted by molar-refractivity contribution is 5.80. The first-order chi connectivity index (χ1) is 4.72. The lowest BCUT2D eigenvalue weighted by molar-refractivity contribution is -0.122. The molecule has 10 heavy (non-hydrogen) atoms. The third kappa shape index (κ3) is 3.02. The molecule has 0 aliphatic carbocycles. The maximum atomic E-state index is 11.4. The lowest BCUT2D eigenvalue weighted by Crippen LogP contribution is -2.29. The molecule has 1 N–H and O–H groups in total. The number of rotatable bonds is 3. The zero-order valence-electron chi connectivity index (χ0n) is 5.72. The van der Waals surface area contributed by atoms with Gasteiger partial charge in [-0.3, -0.25) is 4.79 Å². The predicted octanol–water partition coefficient (Wildman–Crippen LogP) is 0.232. The quantitative estimate of drug-likeness (QED) is 0.616. The van der Waals surface area contributed by atoms with Gasteiger partial charge in [0.05, 0.1) is 6.07 Å². The highest BCUT2D eigenvalue weighted by Crippen LogP contribution is 1.89. The van der Waals surface area contributed by atoms with E-state index in [4.69, 9.17) is 5.26 Å². The number of nitriles is 1. The number of amides is 1. The Bertz CT molecular complexity index is 152. The highest BCUT2D eigenvalue weighted by atomic mass is 19.1. The van der Waals surface area contributed by atoms with Crippen molar-refractivity contribution < 1.29 is 9.18 Å². The summed E-state index contributed by atoms with van der Waals surface area (Å²) in [5, 5.41) is 10.4. The Morgan fingerprint density at radius 1 is 1.90 bits per heavy atom. The molecule has 0 spiro atoms. The summed E-state index contributed by atoms with van der Waals surface area (Å²) in [6.07, 6.45) is 0. The first-order valence-corrected chi connectivity index (χ1v) is 2.95. The van der Waals surface area contributed by atoms with Gasteiger partial charge in [-0.1, -0.05) is 0 Å². The topological polar surface area (TPSA) is 52.9 Å². The summed E-state index contributed by atoms with van der Waals surface area (Å²) < 4.78 is 11.4. The molecule has 0 aromatic carbocycles. The first-order valence-electron chi connectivity index (χ1n) is 2.95. The summed E-state index contributed by atoms with van der Waals surface area (Å²) in [6, 6.07) is 1.74. The smallest absolute Gasteiger partial charge is 0.237 e. The van der Waals surface area contributed by atoms with E-state index >= 15 is 0 Å². The van der Waals surface area contributed by atoms with Crippen molar-refractivity contribution in [3.63, 3.8) is 0 Å². The number of hydrogen-bond donors (Lipinski definition) is 1. The lowest BCUT2D eigenvalue weighted by atomic mass is 10.2. The summed E-state index contributed by atoms with van der Waals surface area (Å²) in [5.41, 5.74) is 0. The maximum Gasteiger partial charge on any atom is 0.237 e. The molecule has 0 saturated carbocycles. The molecule has 0 heterocycles. The van der Waals surface area contributed by atoms with Crippen LogP contribution in [0.5, 0.6) is 0 Å². The summed E-state index contributed by atoms with van der Waals surface area (Å²) in [7, 11) is 0. The standard InChI is InChI=1S/C6H9FN2O/c1-5(4-8)6(10)9-3-2-7/h5H,2-3H2,1H3,(H,9,10). The molecule has 0 aromatic heterocycles. The second-order valence-corrected chi connectivity index (χ2v) is 1.83. The van der Waals surface area contributed by atoms with E-state index in [1.54, 1.807) is 6.07 Å². The third-order valence-electron chi connectivity index (χ3n) is 0.981. The molecular formula is C6H9FN2O. The average Bonchev–Trinajstić information content (AvgIpc) is 1.98. The van der Waals surface area contributed by atoms with Crippen molar-refractivity contribution in [3.05, 3.63) is 0 Å². The van der Waals surface area contributed by atoms with E-state index in [1.807, 2.05) is 0 Å². The van der Waals surface area contributed by atoms with Crippen LogP contribution in [0, 0.1) is 17.2 Å². The second-order valence-electron chi connectivity index (χ2n) is 1.83. The molecule has 0 radical (unpaired) electrons. The van der Waals surface area contributed by atoms with Crippen LogP contribution in [0.2, 0.25) is 0 Å². The zero-order chi connectivity index (χ0) is 7.98. The average molecular weight is 144 g/mol. The van der Waals surface area contributed by atoms with Gasteiger partial charge in [0.2, 0.25) is 5.91 Å². The van der Waals surface area contributed by atoms with Crippen molar-refractivity contribution in [2.24, 2.45) is 5.92 Å². The molecule has 3 nitrogen and oxygen atoms in total. The molecule has 0 rings (SSSR count). The van der Waals surface area contributed by atoms with E-state index < -0.39 is 18.5 Å². The minimum Gasteiger partial charge on any atom is -0.352 e. The van der Waals surface area contributed by atoms with Crippen LogP contribution in [0.1, 0.15) is 6.92 Å². The number of nitrogens with one attached hydrogen (secondary N) is 1. The van der Waals surface area contributed by atoms with E-state index in [0.717, 1.165) is 0 Å². The van der Waals surface area contributed by atoms with Crippen molar-refractivity contribution in [2.75, 3.05) is 13.2 Å². The Hall–Kier alpha value is -1.11.